The van der Waals surface area contributed by atoms with Crippen LogP contribution in [0.4, 0.5) is 0 Å². The molecule has 47 heteroatoms. The molecule has 3 rings (SSSR count). The fraction of sp³-hybridized carbons (Fsp3) is 0.634. The summed E-state index contributed by atoms with van der Waals surface area (Å²) in [5.74, 6) is -25.5. The summed E-state index contributed by atoms with van der Waals surface area (Å²) < 4.78 is 63.7. The average Bonchev–Trinajstić information content (AvgIpc) is 0.763. The fourth-order valence-electron chi connectivity index (χ4n) is 11.4. The molecule has 0 aliphatic carbocycles. The third kappa shape index (κ3) is 33.8. The maximum Gasteiger partial charge on any atom is 0.305 e. The fourth-order valence-corrected chi connectivity index (χ4v) is 11.4. The molecule has 47 nitrogen and oxygen atoms in total. The number of carboxylic acid groups (broad SMARTS) is 1. The maximum atomic E-state index is 15.4. The number of phenolic OH excluding ortho intramolecular Hbond substituents is 1. The zero-order valence-electron chi connectivity index (χ0n) is 66.7. The Morgan fingerprint density at radius 1 is 0.466 bits per heavy atom. The van der Waals surface area contributed by atoms with Gasteiger partial charge in [-0.1, -0.05) is 52.7 Å². The van der Waals surface area contributed by atoms with Crippen molar-refractivity contribution in [2.45, 2.75) is 244 Å². The number of carboxylic acids is 1. The van der Waals surface area contributed by atoms with Crippen molar-refractivity contribution in [3.63, 3.8) is 0 Å². The quantitative estimate of drug-likeness (QED) is 0.0213. The summed E-state index contributed by atoms with van der Waals surface area (Å²) in [6.07, 6.45) is -23.7. The molecule has 0 bridgehead atoms. The first-order valence-corrected chi connectivity index (χ1v) is 36.8. The Balaban J connectivity index is 2.34. The number of carbonyl (C=O) groups is 20. The number of amides is 12. The summed E-state index contributed by atoms with van der Waals surface area (Å²) in [5.41, 5.74) is 22.3. The molecular formula is C71H105N13O34. The number of carbonyl (C=O) groups excluding carboxylic acids is 19. The molecule has 118 heavy (non-hydrogen) atoms. The largest absolute Gasteiger partial charge is 0.508 e. The van der Waals surface area contributed by atoms with Crippen LogP contribution in [0.15, 0.2) is 24.3 Å². The molecule has 0 unspecified atom stereocenters. The summed E-state index contributed by atoms with van der Waals surface area (Å²) in [4.78, 5) is 266. The lowest BCUT2D eigenvalue weighted by molar-refractivity contribution is -0.361. The zero-order valence-corrected chi connectivity index (χ0v) is 66.7. The minimum atomic E-state index is -2.28. The number of primary amides is 3. The van der Waals surface area contributed by atoms with Gasteiger partial charge in [-0.3, -0.25) is 95.9 Å². The number of nitrogens with one attached hydrogen (secondary N) is 9. The average molecular weight is 1680 g/mol. The number of hydrogen-bond acceptors (Lipinski definition) is 34. The van der Waals surface area contributed by atoms with Gasteiger partial charge in [0.05, 0.1) is 38.6 Å². The molecule has 2 heterocycles. The van der Waals surface area contributed by atoms with Gasteiger partial charge in [-0.05, 0) is 42.9 Å². The van der Waals surface area contributed by atoms with E-state index in [9.17, 15) is 102 Å². The number of ether oxygens (including phenoxy) is 11. The van der Waals surface area contributed by atoms with Crippen molar-refractivity contribution < 1.29 is 163 Å². The summed E-state index contributed by atoms with van der Waals surface area (Å²) in [5, 5.41) is 49.9. The van der Waals surface area contributed by atoms with Crippen LogP contribution in [0.2, 0.25) is 0 Å². The summed E-state index contributed by atoms with van der Waals surface area (Å²) in [6, 6.07) is -10.9. The zero-order chi connectivity index (χ0) is 89.3. The number of nitrogens with two attached hydrogens (primary N) is 4. The van der Waals surface area contributed by atoms with Crippen LogP contribution < -0.4 is 70.8 Å². The van der Waals surface area contributed by atoms with Gasteiger partial charge >= 0.3 is 47.8 Å². The molecular weight excluding hydrogens is 1580 g/mol. The molecule has 20 N–H and O–H groups in total. The molecule has 21 atom stereocenters. The Morgan fingerprint density at radius 3 is 1.38 bits per heavy atom. The Kier molecular flexibility index (Phi) is 41.4. The van der Waals surface area contributed by atoms with Crippen LogP contribution >= 0.6 is 0 Å². The van der Waals surface area contributed by atoms with Gasteiger partial charge in [0.1, 0.15) is 85.6 Å². The number of hydrogen-bond donors (Lipinski definition) is 16. The highest BCUT2D eigenvalue weighted by Gasteiger charge is 2.58. The second-order valence-corrected chi connectivity index (χ2v) is 27.4. The minimum Gasteiger partial charge on any atom is -0.508 e. The Bertz CT molecular complexity index is 3780. The van der Waals surface area contributed by atoms with Gasteiger partial charge < -0.3 is 138 Å². The van der Waals surface area contributed by atoms with E-state index in [1.54, 1.807) is 13.8 Å². The summed E-state index contributed by atoms with van der Waals surface area (Å²) in [7, 11) is 0. The van der Waals surface area contributed by atoms with Crippen molar-refractivity contribution in [2.24, 2.45) is 34.8 Å². The van der Waals surface area contributed by atoms with Gasteiger partial charge in [-0.2, -0.15) is 0 Å². The molecule has 1 aromatic carbocycles. The van der Waals surface area contributed by atoms with Crippen molar-refractivity contribution in [3.05, 3.63) is 29.8 Å². The molecule has 0 aromatic heterocycles. The maximum absolute atomic E-state index is 15.4. The normalized spacial score (nSPS) is 21.5. The Hall–Kier alpha value is -11.8. The molecule has 0 radical (unpaired) electrons. The molecule has 2 fully saturated rings. The molecule has 658 valence electrons. The minimum absolute atomic E-state index is 0.0315. The lowest BCUT2D eigenvalue weighted by Crippen LogP contribution is -2.67. The third-order valence-corrected chi connectivity index (χ3v) is 17.7. The van der Waals surface area contributed by atoms with Crippen LogP contribution in [-0.2, 0) is 154 Å². The van der Waals surface area contributed by atoms with Crippen LogP contribution in [-0.4, -0.2) is 283 Å². The van der Waals surface area contributed by atoms with Crippen LogP contribution in [0, 0.1) is 11.8 Å². The van der Waals surface area contributed by atoms with Gasteiger partial charge in [-0.25, -0.2) is 0 Å². The van der Waals surface area contributed by atoms with E-state index in [-0.39, 0.29) is 25.0 Å². The van der Waals surface area contributed by atoms with E-state index < -0.39 is 305 Å². The van der Waals surface area contributed by atoms with Gasteiger partial charge in [-0.15, -0.1) is 0 Å². The second-order valence-electron chi connectivity index (χ2n) is 27.4. The van der Waals surface area contributed by atoms with E-state index in [2.05, 4.69) is 47.9 Å². The predicted octanol–water partition coefficient (Wildman–Crippen LogP) is -7.90. The molecule has 2 saturated heterocycles. The van der Waals surface area contributed by atoms with Crippen molar-refractivity contribution in [1.29, 1.82) is 0 Å². The highest BCUT2D eigenvalue weighted by Crippen LogP contribution is 2.36. The topological polar surface area (TPSA) is 716 Å². The smallest absolute Gasteiger partial charge is 0.305 e. The molecule has 0 saturated carbocycles. The van der Waals surface area contributed by atoms with Crippen molar-refractivity contribution in [3.8, 4) is 5.75 Å². The molecule has 2 aliphatic heterocycles. The molecule has 0 spiro atoms. The number of rotatable bonds is 47. The Morgan fingerprint density at radius 2 is 0.898 bits per heavy atom. The van der Waals surface area contributed by atoms with Crippen LogP contribution in [0.3, 0.4) is 0 Å². The summed E-state index contributed by atoms with van der Waals surface area (Å²) >= 11 is 0. The highest BCUT2D eigenvalue weighted by atomic mass is 16.8. The van der Waals surface area contributed by atoms with Crippen LogP contribution in [0.5, 0.6) is 5.75 Å². The molecule has 1 aromatic rings. The number of aliphatic hydroxyl groups excluding tert-OH is 1. The van der Waals surface area contributed by atoms with Crippen molar-refractivity contribution in [2.75, 3.05) is 33.0 Å². The van der Waals surface area contributed by atoms with Crippen LogP contribution in [0.1, 0.15) is 127 Å². The molecule has 2 aliphatic rings. The first-order valence-electron chi connectivity index (χ1n) is 36.8. The number of esters is 7. The third-order valence-electron chi connectivity index (χ3n) is 17.7. The number of aliphatic carboxylic acids is 1. The lowest BCUT2D eigenvalue weighted by Gasteiger charge is -2.48. The van der Waals surface area contributed by atoms with Gasteiger partial charge in [0.2, 0.25) is 70.9 Å². The predicted molar refractivity (Wildman–Crippen MR) is 393 cm³/mol. The van der Waals surface area contributed by atoms with E-state index in [0.717, 1.165) is 48.5 Å². The Labute approximate surface area is 674 Å². The first kappa shape index (κ1) is 100. The summed E-state index contributed by atoms with van der Waals surface area (Å²) in [6.45, 7) is 8.30. The van der Waals surface area contributed by atoms with Crippen LogP contribution in [0.25, 0.3) is 0 Å². The standard InChI is InChI=1S/C71H105N13O34/c1-13-29(3)53(83-51(96)24-76-63(101)43(21-39-15-17-40(93)18-16-39)79-62(100)41(72)22-52(97)98)68(106)82-46(67(105)78-42(19-20-49(73)94)64(102)84-54(30(4)14-2)69(107)80-44(23-50(74)95)65(103)81-45(25-85)66(104)77-31(5)61(75)99)26-110-70-59(114-37(11)91)58(113-36(10)90)56(48(116-70)28-109-33(7)87)118-71-60(115-38(12)92)57(112-35(9)89)55(111-34(8)88)47(117-71)27-108-32(6)86/h15-18,29-31,41-48,53-60,70-71,85,93H,13-14,19-28,72H2,1-12H3,(H2,73,94)(H2,74,95)(H2,75,99)(H,76,101)(H,77,104)(H,78,105)(H,79,100)(H,80,107)(H,81,103)(H,82,106)(H,83,96)(H,84,102)(H,97,98)/t29-,30-,31-,41-,42-,43-,44-,45-,46-,47+,48+,53-,54-,55-,56-,57-,58-,59+,60+,70+,71+/m0/s1. The van der Waals surface area contributed by atoms with Gasteiger partial charge in [0.15, 0.2) is 43.1 Å². The molecule has 12 amide bonds. The van der Waals surface area contributed by atoms with Gasteiger partial charge in [0, 0.05) is 61.3 Å². The second kappa shape index (κ2) is 48.7. The number of aliphatic hydroxyl groups is 1. The monoisotopic (exact) mass is 1680 g/mol. The SMILES string of the molecule is CC[C@H](C)[C@H](NC(=O)CNC(=O)[C@H](Cc1ccc(O)cc1)NC(=O)[C@@H](N)CC(=O)O)C(=O)N[C@@H](CO[C@@H]1O[C@H](COC(C)=O)[C@H](O[C@H]2O[C@H](COC(C)=O)[C@H](OC(C)=O)[C@H](OC(C)=O)[C@H]2OC(C)=O)[C@H](OC(C)=O)[C@H]1OC(C)=O)C(=O)N[C@@H](CCC(N)=O)C(=O)N[C@H](C(=O)N[C@@H](CC(N)=O)C(=O)N[C@@H](CO)C(=O)N[C@@H](C)C(N)=O)[C@@H](C)CC. The lowest BCUT2D eigenvalue weighted by atomic mass is 9.96. The van der Waals surface area contributed by atoms with Gasteiger partial charge in [0.25, 0.3) is 0 Å². The van der Waals surface area contributed by atoms with E-state index in [1.807, 2.05) is 0 Å². The van der Waals surface area contributed by atoms with E-state index in [1.165, 1.54) is 45.0 Å². The van der Waals surface area contributed by atoms with Crippen molar-refractivity contribution in [1.82, 2.24) is 47.9 Å². The first-order chi connectivity index (χ1) is 55.2. The number of phenols is 1. The highest BCUT2D eigenvalue weighted by molar-refractivity contribution is 6.00. The number of aromatic hydroxyl groups is 1. The number of benzene rings is 1. The van der Waals surface area contributed by atoms with E-state index in [0.29, 0.717) is 5.56 Å². The van der Waals surface area contributed by atoms with E-state index in [4.69, 9.17) is 75.0 Å². The van der Waals surface area contributed by atoms with Crippen molar-refractivity contribution >= 4 is 119 Å². The van der Waals surface area contributed by atoms with E-state index >= 15 is 9.59 Å².